The van der Waals surface area contributed by atoms with Gasteiger partial charge in [0.1, 0.15) is 12.4 Å². The number of halogens is 1. The van der Waals surface area contributed by atoms with Gasteiger partial charge in [0, 0.05) is 11.6 Å². The SMILES string of the molecule is CCCCOCCOC(=O)COc1ccc(Cl)cc1. The maximum absolute atomic E-state index is 11.3. The standard InChI is InChI=1S/C14H19ClO4/c1-2-3-8-17-9-10-18-14(16)11-19-13-6-4-12(15)5-7-13/h4-7H,2-3,8-11H2,1H3. The number of ether oxygens (including phenoxy) is 3. The second-order valence-electron chi connectivity index (χ2n) is 3.93. The lowest BCUT2D eigenvalue weighted by molar-refractivity contribution is -0.147. The Balaban J connectivity index is 2.06. The highest BCUT2D eigenvalue weighted by atomic mass is 35.5. The average molecular weight is 287 g/mol. The number of rotatable bonds is 9. The van der Waals surface area contributed by atoms with Crippen molar-refractivity contribution in [3.63, 3.8) is 0 Å². The lowest BCUT2D eigenvalue weighted by Gasteiger charge is -2.07. The molecule has 0 aliphatic rings. The van der Waals surface area contributed by atoms with E-state index in [4.69, 9.17) is 25.8 Å². The molecule has 0 aliphatic heterocycles. The predicted molar refractivity (Wildman–Crippen MR) is 73.6 cm³/mol. The lowest BCUT2D eigenvalue weighted by atomic mass is 10.3. The van der Waals surface area contributed by atoms with Crippen LogP contribution in [0.3, 0.4) is 0 Å². The summed E-state index contributed by atoms with van der Waals surface area (Å²) in [5.41, 5.74) is 0. The van der Waals surface area contributed by atoms with Gasteiger partial charge in [-0.1, -0.05) is 24.9 Å². The van der Waals surface area contributed by atoms with Crippen LogP contribution in [-0.4, -0.2) is 32.4 Å². The molecular weight excluding hydrogens is 268 g/mol. The van der Waals surface area contributed by atoms with Crippen LogP contribution in [0, 0.1) is 0 Å². The van der Waals surface area contributed by atoms with Crippen LogP contribution in [0.2, 0.25) is 5.02 Å². The molecule has 1 rings (SSSR count). The minimum Gasteiger partial charge on any atom is -0.482 e. The molecule has 0 saturated heterocycles. The molecule has 5 heteroatoms. The first-order valence-electron chi connectivity index (χ1n) is 6.34. The first-order chi connectivity index (χ1) is 9.22. The van der Waals surface area contributed by atoms with E-state index in [0.29, 0.717) is 24.0 Å². The van der Waals surface area contributed by atoms with E-state index in [1.807, 2.05) is 0 Å². The molecule has 19 heavy (non-hydrogen) atoms. The molecule has 4 nitrogen and oxygen atoms in total. The van der Waals surface area contributed by atoms with E-state index < -0.39 is 5.97 Å². The van der Waals surface area contributed by atoms with Crippen molar-refractivity contribution in [2.75, 3.05) is 26.4 Å². The van der Waals surface area contributed by atoms with Crippen LogP contribution in [0.15, 0.2) is 24.3 Å². The zero-order chi connectivity index (χ0) is 13.9. The summed E-state index contributed by atoms with van der Waals surface area (Å²) < 4.78 is 15.5. The van der Waals surface area contributed by atoms with Crippen LogP contribution < -0.4 is 4.74 Å². The highest BCUT2D eigenvalue weighted by molar-refractivity contribution is 6.30. The van der Waals surface area contributed by atoms with Crippen LogP contribution >= 0.6 is 11.6 Å². The van der Waals surface area contributed by atoms with Gasteiger partial charge in [-0.15, -0.1) is 0 Å². The predicted octanol–water partition coefficient (Wildman–Crippen LogP) is 3.08. The van der Waals surface area contributed by atoms with Crippen molar-refractivity contribution in [2.24, 2.45) is 0 Å². The molecule has 0 bridgehead atoms. The van der Waals surface area contributed by atoms with Gasteiger partial charge in [-0.2, -0.15) is 0 Å². The molecule has 1 aromatic rings. The third-order valence-corrected chi connectivity index (χ3v) is 2.56. The lowest BCUT2D eigenvalue weighted by Crippen LogP contribution is -2.17. The Morgan fingerprint density at radius 1 is 1.16 bits per heavy atom. The van der Waals surface area contributed by atoms with Gasteiger partial charge in [-0.05, 0) is 30.7 Å². The average Bonchev–Trinajstić information content (AvgIpc) is 2.42. The minimum absolute atomic E-state index is 0.114. The van der Waals surface area contributed by atoms with Gasteiger partial charge < -0.3 is 14.2 Å². The fourth-order valence-electron chi connectivity index (χ4n) is 1.28. The number of hydrogen-bond acceptors (Lipinski definition) is 4. The van der Waals surface area contributed by atoms with Gasteiger partial charge in [0.15, 0.2) is 6.61 Å². The van der Waals surface area contributed by atoms with E-state index in [0.717, 1.165) is 12.8 Å². The Bertz CT molecular complexity index is 364. The normalized spacial score (nSPS) is 10.2. The zero-order valence-corrected chi connectivity index (χ0v) is 11.8. The number of esters is 1. The highest BCUT2D eigenvalue weighted by Crippen LogP contribution is 2.15. The molecule has 0 aliphatic carbocycles. The molecule has 0 atom stereocenters. The van der Waals surface area contributed by atoms with Gasteiger partial charge in [0.25, 0.3) is 0 Å². The van der Waals surface area contributed by atoms with Gasteiger partial charge in [0.05, 0.1) is 6.61 Å². The van der Waals surface area contributed by atoms with Crippen LogP contribution in [0.5, 0.6) is 5.75 Å². The van der Waals surface area contributed by atoms with Crippen molar-refractivity contribution in [3.05, 3.63) is 29.3 Å². The maximum atomic E-state index is 11.3. The summed E-state index contributed by atoms with van der Waals surface area (Å²) >= 11 is 5.73. The van der Waals surface area contributed by atoms with Gasteiger partial charge in [-0.25, -0.2) is 4.79 Å². The molecule has 0 radical (unpaired) electrons. The van der Waals surface area contributed by atoms with Crippen LogP contribution in [-0.2, 0) is 14.3 Å². The fraction of sp³-hybridized carbons (Fsp3) is 0.500. The van der Waals surface area contributed by atoms with Gasteiger partial charge >= 0.3 is 5.97 Å². The summed E-state index contributed by atoms with van der Waals surface area (Å²) in [5.74, 6) is 0.176. The van der Waals surface area contributed by atoms with Crippen molar-refractivity contribution in [2.45, 2.75) is 19.8 Å². The quantitative estimate of drug-likeness (QED) is 0.517. The molecule has 106 valence electrons. The molecule has 0 unspecified atom stereocenters. The van der Waals surface area contributed by atoms with Crippen molar-refractivity contribution in [1.82, 2.24) is 0 Å². The van der Waals surface area contributed by atoms with E-state index in [2.05, 4.69) is 6.92 Å². The van der Waals surface area contributed by atoms with Crippen molar-refractivity contribution in [3.8, 4) is 5.75 Å². The smallest absolute Gasteiger partial charge is 0.344 e. The summed E-state index contributed by atoms with van der Waals surface area (Å²) in [4.78, 5) is 11.3. The summed E-state index contributed by atoms with van der Waals surface area (Å²) in [6.45, 7) is 3.36. The summed E-state index contributed by atoms with van der Waals surface area (Å²) in [5, 5.41) is 0.624. The Morgan fingerprint density at radius 2 is 1.89 bits per heavy atom. The molecular formula is C14H19ClO4. The molecule has 0 amide bonds. The molecule has 0 heterocycles. The minimum atomic E-state index is -0.408. The first kappa shape index (κ1) is 15.8. The van der Waals surface area contributed by atoms with Crippen LogP contribution in [0.25, 0.3) is 0 Å². The molecule has 0 saturated carbocycles. The molecule has 0 N–H and O–H groups in total. The first-order valence-corrected chi connectivity index (χ1v) is 6.72. The molecule has 1 aromatic carbocycles. The van der Waals surface area contributed by atoms with Crippen molar-refractivity contribution < 1.29 is 19.0 Å². The fourth-order valence-corrected chi connectivity index (χ4v) is 1.40. The summed E-state index contributed by atoms with van der Waals surface area (Å²) in [6.07, 6.45) is 2.11. The van der Waals surface area contributed by atoms with Crippen molar-refractivity contribution in [1.29, 1.82) is 0 Å². The van der Waals surface area contributed by atoms with Gasteiger partial charge in [0.2, 0.25) is 0 Å². The molecule has 0 fully saturated rings. The summed E-state index contributed by atoms with van der Waals surface area (Å²) in [6, 6.07) is 6.79. The Labute approximate surface area is 118 Å². The van der Waals surface area contributed by atoms with Crippen LogP contribution in [0.1, 0.15) is 19.8 Å². The summed E-state index contributed by atoms with van der Waals surface area (Å²) in [7, 11) is 0. The number of carbonyl (C=O) groups is 1. The monoisotopic (exact) mass is 286 g/mol. The molecule has 0 spiro atoms. The Hall–Kier alpha value is -1.26. The van der Waals surface area contributed by atoms with E-state index in [1.165, 1.54) is 0 Å². The second kappa shape index (κ2) is 9.64. The van der Waals surface area contributed by atoms with Crippen LogP contribution in [0.4, 0.5) is 0 Å². The maximum Gasteiger partial charge on any atom is 0.344 e. The molecule has 0 aromatic heterocycles. The van der Waals surface area contributed by atoms with E-state index in [1.54, 1.807) is 24.3 Å². The Morgan fingerprint density at radius 3 is 2.58 bits per heavy atom. The number of carbonyl (C=O) groups excluding carboxylic acids is 1. The topological polar surface area (TPSA) is 44.8 Å². The Kier molecular flexibility index (Phi) is 8.02. The third kappa shape index (κ3) is 7.70. The number of benzene rings is 1. The van der Waals surface area contributed by atoms with E-state index >= 15 is 0 Å². The van der Waals surface area contributed by atoms with E-state index in [9.17, 15) is 4.79 Å². The van der Waals surface area contributed by atoms with Crippen molar-refractivity contribution >= 4 is 17.6 Å². The highest BCUT2D eigenvalue weighted by Gasteiger charge is 2.04. The second-order valence-corrected chi connectivity index (χ2v) is 4.37. The zero-order valence-electron chi connectivity index (χ0n) is 11.1. The van der Waals surface area contributed by atoms with E-state index in [-0.39, 0.29) is 13.2 Å². The third-order valence-electron chi connectivity index (χ3n) is 2.30. The van der Waals surface area contributed by atoms with Gasteiger partial charge in [-0.3, -0.25) is 0 Å². The number of hydrogen-bond donors (Lipinski definition) is 0. The largest absolute Gasteiger partial charge is 0.482 e. The number of unbranched alkanes of at least 4 members (excludes halogenated alkanes) is 1.